The zero-order chi connectivity index (χ0) is 12.3. The smallest absolute Gasteiger partial charge is 0.124 e. The molecular formula is C13H22N2O2. The fourth-order valence-electron chi connectivity index (χ4n) is 2.86. The van der Waals surface area contributed by atoms with E-state index in [1.165, 1.54) is 6.42 Å². The molecule has 1 fully saturated rings. The van der Waals surface area contributed by atoms with Gasteiger partial charge in [-0.3, -0.25) is 4.68 Å². The minimum atomic E-state index is -0.574. The predicted molar refractivity (Wildman–Crippen MR) is 65.6 cm³/mol. The highest BCUT2D eigenvalue weighted by atomic mass is 16.5. The second-order valence-corrected chi connectivity index (χ2v) is 4.84. The van der Waals surface area contributed by atoms with Crippen LogP contribution in [0.1, 0.15) is 50.8 Å². The van der Waals surface area contributed by atoms with E-state index in [0.717, 1.165) is 31.4 Å². The Morgan fingerprint density at radius 3 is 2.71 bits per heavy atom. The molecule has 0 aromatic carbocycles. The lowest BCUT2D eigenvalue weighted by Gasteiger charge is -2.40. The molecule has 0 bridgehead atoms. The molecular weight excluding hydrogens is 216 g/mol. The third-order valence-electron chi connectivity index (χ3n) is 3.77. The van der Waals surface area contributed by atoms with E-state index in [2.05, 4.69) is 5.10 Å². The fourth-order valence-corrected chi connectivity index (χ4v) is 2.86. The van der Waals surface area contributed by atoms with Crippen LogP contribution in [0.4, 0.5) is 0 Å². The summed E-state index contributed by atoms with van der Waals surface area (Å²) < 4.78 is 7.66. The number of rotatable bonds is 4. The molecule has 0 amide bonds. The largest absolute Gasteiger partial charge is 0.384 e. The molecule has 1 unspecified atom stereocenters. The Hall–Kier alpha value is -0.870. The van der Waals surface area contributed by atoms with Gasteiger partial charge in [-0.1, -0.05) is 19.3 Å². The standard InChI is InChI=1S/C13H22N2O2/c1-3-17-13(8-5-4-6-9-13)12(16)11-7-10-14-15(11)2/h7,10,12,16H,3-6,8-9H2,1-2H3. The number of ether oxygens (including phenoxy) is 1. The van der Waals surface area contributed by atoms with Gasteiger partial charge in [-0.2, -0.15) is 5.10 Å². The number of aryl methyl sites for hydroxylation is 1. The van der Waals surface area contributed by atoms with Crippen LogP contribution in [0.3, 0.4) is 0 Å². The van der Waals surface area contributed by atoms with Gasteiger partial charge in [0.25, 0.3) is 0 Å². The zero-order valence-electron chi connectivity index (χ0n) is 10.7. The second-order valence-electron chi connectivity index (χ2n) is 4.84. The molecule has 1 aromatic heterocycles. The van der Waals surface area contributed by atoms with Gasteiger partial charge in [0.1, 0.15) is 6.10 Å². The number of nitrogens with zero attached hydrogens (tertiary/aromatic N) is 2. The molecule has 1 N–H and O–H groups in total. The van der Waals surface area contributed by atoms with Crippen molar-refractivity contribution in [2.75, 3.05) is 6.61 Å². The van der Waals surface area contributed by atoms with Crippen molar-refractivity contribution in [3.05, 3.63) is 18.0 Å². The van der Waals surface area contributed by atoms with Gasteiger partial charge in [0.05, 0.1) is 11.3 Å². The lowest BCUT2D eigenvalue weighted by molar-refractivity contribution is -0.144. The van der Waals surface area contributed by atoms with Crippen LogP contribution in [0.5, 0.6) is 0 Å². The first-order valence-corrected chi connectivity index (χ1v) is 6.49. The van der Waals surface area contributed by atoms with E-state index in [0.29, 0.717) is 6.61 Å². The van der Waals surface area contributed by atoms with Crippen LogP contribution in [0.25, 0.3) is 0 Å². The van der Waals surface area contributed by atoms with Gasteiger partial charge < -0.3 is 9.84 Å². The van der Waals surface area contributed by atoms with Crippen LogP contribution < -0.4 is 0 Å². The minimum Gasteiger partial charge on any atom is -0.384 e. The first kappa shape index (κ1) is 12.6. The molecule has 1 atom stereocenters. The van der Waals surface area contributed by atoms with E-state index in [4.69, 9.17) is 4.74 Å². The van der Waals surface area contributed by atoms with Crippen molar-refractivity contribution >= 4 is 0 Å². The third-order valence-corrected chi connectivity index (χ3v) is 3.77. The van der Waals surface area contributed by atoms with Crippen LogP contribution in [0.2, 0.25) is 0 Å². The van der Waals surface area contributed by atoms with Gasteiger partial charge in [-0.05, 0) is 25.8 Å². The molecule has 17 heavy (non-hydrogen) atoms. The summed E-state index contributed by atoms with van der Waals surface area (Å²) in [7, 11) is 1.86. The molecule has 0 spiro atoms. The average Bonchev–Trinajstić information content (AvgIpc) is 2.76. The maximum atomic E-state index is 10.6. The number of aliphatic hydroxyl groups excluding tert-OH is 1. The van der Waals surface area contributed by atoms with Crippen LogP contribution in [-0.4, -0.2) is 27.1 Å². The predicted octanol–water partition coefficient (Wildman–Crippen LogP) is 2.19. The summed E-state index contributed by atoms with van der Waals surface area (Å²) in [6.45, 7) is 2.64. The molecule has 1 aliphatic carbocycles. The molecule has 96 valence electrons. The monoisotopic (exact) mass is 238 g/mol. The summed E-state index contributed by atoms with van der Waals surface area (Å²) in [6, 6.07) is 1.88. The third kappa shape index (κ3) is 2.38. The molecule has 0 saturated heterocycles. The highest BCUT2D eigenvalue weighted by molar-refractivity contribution is 5.11. The highest BCUT2D eigenvalue weighted by Gasteiger charge is 2.41. The van der Waals surface area contributed by atoms with Crippen molar-refractivity contribution in [3.8, 4) is 0 Å². The number of hydrogen-bond donors (Lipinski definition) is 1. The van der Waals surface area contributed by atoms with Gasteiger partial charge in [0, 0.05) is 19.9 Å². The van der Waals surface area contributed by atoms with Crippen molar-refractivity contribution < 1.29 is 9.84 Å². The van der Waals surface area contributed by atoms with E-state index in [1.54, 1.807) is 10.9 Å². The molecule has 0 radical (unpaired) electrons. The maximum Gasteiger partial charge on any atom is 0.124 e. The first-order chi connectivity index (χ1) is 8.19. The van der Waals surface area contributed by atoms with Crippen molar-refractivity contribution in [1.29, 1.82) is 0 Å². The van der Waals surface area contributed by atoms with Crippen molar-refractivity contribution in [1.82, 2.24) is 9.78 Å². The van der Waals surface area contributed by atoms with Gasteiger partial charge in [0.15, 0.2) is 0 Å². The van der Waals surface area contributed by atoms with E-state index < -0.39 is 11.7 Å². The Labute approximate surface area is 103 Å². The second kappa shape index (κ2) is 5.19. The van der Waals surface area contributed by atoms with Crippen molar-refractivity contribution in [2.45, 2.75) is 50.7 Å². The summed E-state index contributed by atoms with van der Waals surface area (Å²) in [6.07, 6.45) is 6.54. The summed E-state index contributed by atoms with van der Waals surface area (Å²) in [5.41, 5.74) is 0.446. The van der Waals surface area contributed by atoms with E-state index in [1.807, 2.05) is 20.0 Å². The molecule has 1 aromatic rings. The molecule has 1 heterocycles. The molecule has 2 rings (SSSR count). The Morgan fingerprint density at radius 1 is 1.47 bits per heavy atom. The Kier molecular flexibility index (Phi) is 3.84. The van der Waals surface area contributed by atoms with Gasteiger partial charge >= 0.3 is 0 Å². The summed E-state index contributed by atoms with van der Waals surface area (Å²) in [4.78, 5) is 0. The van der Waals surface area contributed by atoms with Gasteiger partial charge in [0.2, 0.25) is 0 Å². The molecule has 0 aliphatic heterocycles. The topological polar surface area (TPSA) is 47.3 Å². The SMILES string of the molecule is CCOC1(C(O)c2ccnn2C)CCCCC1. The lowest BCUT2D eigenvalue weighted by atomic mass is 9.79. The minimum absolute atomic E-state index is 0.402. The van der Waals surface area contributed by atoms with Crippen LogP contribution in [0, 0.1) is 0 Å². The van der Waals surface area contributed by atoms with Crippen LogP contribution in [0.15, 0.2) is 12.3 Å². The van der Waals surface area contributed by atoms with Crippen molar-refractivity contribution in [3.63, 3.8) is 0 Å². The molecule has 4 nitrogen and oxygen atoms in total. The number of aliphatic hydroxyl groups is 1. The van der Waals surface area contributed by atoms with E-state index >= 15 is 0 Å². The fraction of sp³-hybridized carbons (Fsp3) is 0.769. The summed E-state index contributed by atoms with van der Waals surface area (Å²) in [5, 5.41) is 14.7. The Bertz CT molecular complexity index is 351. The summed E-state index contributed by atoms with van der Waals surface area (Å²) >= 11 is 0. The highest BCUT2D eigenvalue weighted by Crippen LogP contribution is 2.41. The Morgan fingerprint density at radius 2 is 2.18 bits per heavy atom. The molecule has 1 saturated carbocycles. The Balaban J connectivity index is 2.23. The van der Waals surface area contributed by atoms with Crippen LogP contribution >= 0.6 is 0 Å². The van der Waals surface area contributed by atoms with Gasteiger partial charge in [-0.15, -0.1) is 0 Å². The first-order valence-electron chi connectivity index (χ1n) is 6.49. The number of aromatic nitrogens is 2. The lowest BCUT2D eigenvalue weighted by Crippen LogP contribution is -2.42. The van der Waals surface area contributed by atoms with Gasteiger partial charge in [-0.25, -0.2) is 0 Å². The van der Waals surface area contributed by atoms with E-state index in [-0.39, 0.29) is 0 Å². The zero-order valence-corrected chi connectivity index (χ0v) is 10.7. The quantitative estimate of drug-likeness (QED) is 0.874. The van der Waals surface area contributed by atoms with Crippen LogP contribution in [-0.2, 0) is 11.8 Å². The maximum absolute atomic E-state index is 10.6. The molecule has 4 heteroatoms. The average molecular weight is 238 g/mol. The number of hydrogen-bond acceptors (Lipinski definition) is 3. The summed E-state index contributed by atoms with van der Waals surface area (Å²) in [5.74, 6) is 0. The van der Waals surface area contributed by atoms with Crippen molar-refractivity contribution in [2.24, 2.45) is 7.05 Å². The normalized spacial score (nSPS) is 21.4. The molecule has 1 aliphatic rings. The van der Waals surface area contributed by atoms with E-state index in [9.17, 15) is 5.11 Å².